The van der Waals surface area contributed by atoms with Crippen molar-refractivity contribution in [3.8, 4) is 0 Å². The Morgan fingerprint density at radius 2 is 1.72 bits per heavy atom. The summed E-state index contributed by atoms with van der Waals surface area (Å²) in [7, 11) is -6.05. The van der Waals surface area contributed by atoms with Gasteiger partial charge in [-0.1, -0.05) is 35.3 Å². The number of hydrogen-bond acceptors (Lipinski definition) is 5. The van der Waals surface area contributed by atoms with E-state index < -0.39 is 19.9 Å². The van der Waals surface area contributed by atoms with Gasteiger partial charge >= 0.3 is 0 Å². The Morgan fingerprint density at radius 3 is 2.28 bits per heavy atom. The van der Waals surface area contributed by atoms with E-state index >= 15 is 0 Å². The number of hydrogen-bond donors (Lipinski definition) is 1. The van der Waals surface area contributed by atoms with Gasteiger partial charge in [0, 0.05) is 19.8 Å². The Hall–Kier alpha value is -1.32. The molecule has 0 aromatic heterocycles. The fourth-order valence-electron chi connectivity index (χ4n) is 2.30. The Bertz CT molecular complexity index is 1020. The van der Waals surface area contributed by atoms with Crippen LogP contribution >= 0.6 is 23.2 Å². The van der Waals surface area contributed by atoms with E-state index in [9.17, 15) is 16.8 Å². The van der Waals surface area contributed by atoms with E-state index in [2.05, 4.69) is 0 Å². The summed E-state index contributed by atoms with van der Waals surface area (Å²) in [5.41, 5.74) is 1.03. The van der Waals surface area contributed by atoms with Crippen molar-refractivity contribution < 1.29 is 16.8 Å². The number of primary sulfonamides is 1. The predicted molar refractivity (Wildman–Crippen MR) is 99.5 cm³/mol. The van der Waals surface area contributed by atoms with Crippen LogP contribution in [0.15, 0.2) is 46.2 Å². The van der Waals surface area contributed by atoms with Gasteiger partial charge < -0.3 is 4.90 Å². The zero-order valence-corrected chi connectivity index (χ0v) is 16.5. The van der Waals surface area contributed by atoms with Gasteiger partial charge in [0.05, 0.1) is 25.5 Å². The molecule has 0 bridgehead atoms. The van der Waals surface area contributed by atoms with Crippen LogP contribution in [0, 0.1) is 0 Å². The monoisotopic (exact) mass is 422 g/mol. The van der Waals surface area contributed by atoms with Gasteiger partial charge in [-0.15, -0.1) is 0 Å². The first-order chi connectivity index (χ1) is 11.4. The molecule has 2 rings (SSSR count). The SMILES string of the molecule is CN(Cc1cccc(Cl)c1Cl)c1ccc(S(N)(=O)=O)cc1S(C)(=O)=O. The molecular formula is C15H16Cl2N2O4S2. The summed E-state index contributed by atoms with van der Waals surface area (Å²) in [6.07, 6.45) is 0.999. The minimum absolute atomic E-state index is 0.139. The van der Waals surface area contributed by atoms with Crippen LogP contribution in [-0.4, -0.2) is 30.1 Å². The second-order valence-electron chi connectivity index (χ2n) is 5.52. The first kappa shape index (κ1) is 20.0. The highest BCUT2D eigenvalue weighted by atomic mass is 35.5. The maximum Gasteiger partial charge on any atom is 0.238 e. The molecule has 0 fully saturated rings. The normalized spacial score (nSPS) is 12.2. The topological polar surface area (TPSA) is 97.5 Å². The van der Waals surface area contributed by atoms with Crippen molar-refractivity contribution in [2.75, 3.05) is 18.2 Å². The smallest absolute Gasteiger partial charge is 0.238 e. The lowest BCUT2D eigenvalue weighted by atomic mass is 10.2. The molecular weight excluding hydrogens is 407 g/mol. The first-order valence-corrected chi connectivity index (χ1v) is 11.1. The summed E-state index contributed by atoms with van der Waals surface area (Å²) in [5.74, 6) is 0. The predicted octanol–water partition coefficient (Wildman–Crippen LogP) is 2.68. The highest BCUT2D eigenvalue weighted by Crippen LogP contribution is 2.31. The maximum atomic E-state index is 12.1. The lowest BCUT2D eigenvalue weighted by Crippen LogP contribution is -2.20. The molecule has 2 aromatic carbocycles. The van der Waals surface area contributed by atoms with Crippen molar-refractivity contribution in [3.05, 3.63) is 52.0 Å². The van der Waals surface area contributed by atoms with E-state index in [1.54, 1.807) is 30.1 Å². The van der Waals surface area contributed by atoms with Crippen molar-refractivity contribution in [1.82, 2.24) is 0 Å². The van der Waals surface area contributed by atoms with Crippen LogP contribution in [-0.2, 0) is 26.4 Å². The van der Waals surface area contributed by atoms with Gasteiger partial charge in [-0.05, 0) is 29.8 Å². The minimum atomic E-state index is -4.02. The molecule has 0 aliphatic carbocycles. The fraction of sp³-hybridized carbons (Fsp3) is 0.200. The molecule has 0 saturated carbocycles. The summed E-state index contributed by atoms with van der Waals surface area (Å²) in [4.78, 5) is 1.23. The molecule has 2 aromatic rings. The van der Waals surface area contributed by atoms with Crippen molar-refractivity contribution in [2.45, 2.75) is 16.3 Å². The molecule has 2 N–H and O–H groups in total. The maximum absolute atomic E-state index is 12.1. The number of sulfone groups is 1. The van der Waals surface area contributed by atoms with Gasteiger partial charge in [-0.2, -0.15) is 0 Å². The lowest BCUT2D eigenvalue weighted by molar-refractivity contribution is 0.597. The van der Waals surface area contributed by atoms with Gasteiger partial charge in [0.1, 0.15) is 0 Å². The highest BCUT2D eigenvalue weighted by molar-refractivity contribution is 7.91. The van der Waals surface area contributed by atoms with E-state index in [4.69, 9.17) is 28.3 Å². The Balaban J connectivity index is 2.52. The molecule has 25 heavy (non-hydrogen) atoms. The summed E-state index contributed by atoms with van der Waals surface area (Å²) < 4.78 is 47.2. The number of anilines is 1. The van der Waals surface area contributed by atoms with Gasteiger partial charge in [-0.3, -0.25) is 0 Å². The average Bonchev–Trinajstić information content (AvgIpc) is 2.49. The number of halogens is 2. The lowest BCUT2D eigenvalue weighted by Gasteiger charge is -2.23. The highest BCUT2D eigenvalue weighted by Gasteiger charge is 2.21. The quantitative estimate of drug-likeness (QED) is 0.798. The van der Waals surface area contributed by atoms with Crippen LogP contribution in [0.1, 0.15) is 5.56 Å². The van der Waals surface area contributed by atoms with Crippen molar-refractivity contribution >= 4 is 48.7 Å². The molecule has 0 spiro atoms. The Morgan fingerprint density at radius 1 is 1.08 bits per heavy atom. The number of benzene rings is 2. The standard InChI is InChI=1S/C15H16Cl2N2O4S2/c1-19(9-10-4-3-5-12(16)15(10)17)13-7-6-11(25(18,22)23)8-14(13)24(2,20)21/h3-8H,9H2,1-2H3,(H2,18,22,23). The summed E-state index contributed by atoms with van der Waals surface area (Å²) in [6.45, 7) is 0.274. The van der Waals surface area contributed by atoms with Crippen LogP contribution < -0.4 is 10.0 Å². The molecule has 0 unspecified atom stereocenters. The molecule has 136 valence electrons. The zero-order chi connectivity index (χ0) is 19.0. The third kappa shape index (κ3) is 4.65. The average molecular weight is 423 g/mol. The first-order valence-electron chi connectivity index (χ1n) is 6.92. The Labute approximate surface area is 157 Å². The van der Waals surface area contributed by atoms with Gasteiger partial charge in [-0.25, -0.2) is 22.0 Å². The molecule has 6 nitrogen and oxygen atoms in total. The van der Waals surface area contributed by atoms with Crippen molar-refractivity contribution in [3.63, 3.8) is 0 Å². The molecule has 0 amide bonds. The molecule has 0 radical (unpaired) electrons. The van der Waals surface area contributed by atoms with Crippen molar-refractivity contribution in [2.24, 2.45) is 5.14 Å². The van der Waals surface area contributed by atoms with E-state index in [1.165, 1.54) is 12.1 Å². The molecule has 0 heterocycles. The van der Waals surface area contributed by atoms with Gasteiger partial charge in [0.25, 0.3) is 0 Å². The third-order valence-corrected chi connectivity index (χ3v) is 6.40. The second-order valence-corrected chi connectivity index (χ2v) is 9.85. The summed E-state index contributed by atoms with van der Waals surface area (Å²) >= 11 is 12.2. The third-order valence-electron chi connectivity index (χ3n) is 3.51. The number of nitrogens with zero attached hydrogens (tertiary/aromatic N) is 1. The minimum Gasteiger partial charge on any atom is -0.369 e. The molecule has 10 heteroatoms. The van der Waals surface area contributed by atoms with Crippen LogP contribution in [0.25, 0.3) is 0 Å². The zero-order valence-electron chi connectivity index (χ0n) is 13.4. The van der Waals surface area contributed by atoms with E-state index in [1.807, 2.05) is 0 Å². The van der Waals surface area contributed by atoms with Crippen LogP contribution in [0.4, 0.5) is 5.69 Å². The van der Waals surface area contributed by atoms with Gasteiger partial charge in [0.15, 0.2) is 9.84 Å². The largest absolute Gasteiger partial charge is 0.369 e. The van der Waals surface area contributed by atoms with Crippen molar-refractivity contribution in [1.29, 1.82) is 0 Å². The molecule has 0 saturated heterocycles. The number of nitrogens with two attached hydrogens (primary N) is 1. The summed E-state index contributed by atoms with van der Waals surface area (Å²) in [6, 6.07) is 8.86. The number of sulfonamides is 1. The van der Waals surface area contributed by atoms with Crippen LogP contribution in [0.5, 0.6) is 0 Å². The van der Waals surface area contributed by atoms with Crippen LogP contribution in [0.3, 0.4) is 0 Å². The van der Waals surface area contributed by atoms with E-state index in [0.717, 1.165) is 12.3 Å². The van der Waals surface area contributed by atoms with E-state index in [0.29, 0.717) is 21.3 Å². The van der Waals surface area contributed by atoms with Gasteiger partial charge in [0.2, 0.25) is 10.0 Å². The van der Waals surface area contributed by atoms with E-state index in [-0.39, 0.29) is 16.3 Å². The second kappa shape index (κ2) is 7.13. The summed E-state index contributed by atoms with van der Waals surface area (Å²) in [5, 5.41) is 5.85. The fourth-order valence-corrected chi connectivity index (χ4v) is 4.23. The molecule has 0 aliphatic rings. The number of rotatable bonds is 5. The Kier molecular flexibility index (Phi) is 5.70. The van der Waals surface area contributed by atoms with Crippen LogP contribution in [0.2, 0.25) is 10.0 Å². The molecule has 0 aliphatic heterocycles. The molecule has 0 atom stereocenters.